The van der Waals surface area contributed by atoms with Crippen molar-refractivity contribution in [2.45, 2.75) is 51.0 Å². The van der Waals surface area contributed by atoms with Gasteiger partial charge in [-0.3, -0.25) is 9.69 Å². The zero-order chi connectivity index (χ0) is 26.3. The molecule has 1 aliphatic carbocycles. The largest absolute Gasteiger partial charge is 0.419 e. The van der Waals surface area contributed by atoms with E-state index in [1.54, 1.807) is 14.0 Å². The number of benzene rings is 2. The fourth-order valence-corrected chi connectivity index (χ4v) is 4.87. The molecule has 5 rings (SSSR count). The van der Waals surface area contributed by atoms with Gasteiger partial charge >= 0.3 is 6.18 Å². The molecule has 7 nitrogen and oxygen atoms in total. The van der Waals surface area contributed by atoms with Gasteiger partial charge in [0.1, 0.15) is 17.2 Å². The Morgan fingerprint density at radius 3 is 2.62 bits per heavy atom. The molecule has 3 aromatic rings. The minimum absolute atomic E-state index is 0.0502. The number of alkyl halides is 3. The normalized spacial score (nSPS) is 18.8. The molecule has 0 unspecified atom stereocenters. The SMILES string of the molecule is Cc1nn(Cc2ccc(C(F)(F)F)c(F)c2)c(Nc2ccccc2)c1C(=O)N(C)C1=N[C@@H]2CCC[C@@H]2N1. The number of aliphatic imine (C=N–C) groups is 1. The summed E-state index contributed by atoms with van der Waals surface area (Å²) >= 11 is 0. The number of carbonyl (C=O) groups is 1. The van der Waals surface area contributed by atoms with Crippen molar-refractivity contribution in [3.05, 3.63) is 76.7 Å². The topological polar surface area (TPSA) is 74.5 Å². The van der Waals surface area contributed by atoms with Crippen molar-refractivity contribution in [3.8, 4) is 0 Å². The average Bonchev–Trinajstić information content (AvgIpc) is 3.52. The number of anilines is 2. The van der Waals surface area contributed by atoms with Crippen LogP contribution in [0.3, 0.4) is 0 Å². The Balaban J connectivity index is 1.49. The van der Waals surface area contributed by atoms with Crippen LogP contribution in [0.2, 0.25) is 0 Å². The zero-order valence-electron chi connectivity index (χ0n) is 20.3. The van der Waals surface area contributed by atoms with Crippen molar-refractivity contribution in [1.29, 1.82) is 0 Å². The summed E-state index contributed by atoms with van der Waals surface area (Å²) in [6.07, 6.45) is -1.71. The van der Waals surface area contributed by atoms with Gasteiger partial charge in [0.25, 0.3) is 5.91 Å². The van der Waals surface area contributed by atoms with Gasteiger partial charge in [-0.2, -0.15) is 18.3 Å². The molecule has 0 bridgehead atoms. The number of aromatic nitrogens is 2. The van der Waals surface area contributed by atoms with Gasteiger partial charge in [-0.1, -0.05) is 24.3 Å². The number of nitrogens with one attached hydrogen (secondary N) is 2. The second kappa shape index (κ2) is 9.53. The number of hydrogen-bond acceptors (Lipinski definition) is 5. The van der Waals surface area contributed by atoms with E-state index in [1.165, 1.54) is 15.6 Å². The minimum Gasteiger partial charge on any atom is -0.351 e. The van der Waals surface area contributed by atoms with Crippen molar-refractivity contribution in [1.82, 2.24) is 20.0 Å². The lowest BCUT2D eigenvalue weighted by Crippen LogP contribution is -2.43. The molecule has 2 heterocycles. The maximum absolute atomic E-state index is 14.2. The van der Waals surface area contributed by atoms with E-state index in [2.05, 4.69) is 20.7 Å². The summed E-state index contributed by atoms with van der Waals surface area (Å²) in [6, 6.07) is 12.3. The Kier molecular flexibility index (Phi) is 6.38. The molecule has 0 radical (unpaired) electrons. The summed E-state index contributed by atoms with van der Waals surface area (Å²) in [7, 11) is 1.64. The number of carbonyl (C=O) groups excluding carboxylic acids is 1. The van der Waals surface area contributed by atoms with Crippen molar-refractivity contribution in [2.24, 2.45) is 4.99 Å². The lowest BCUT2D eigenvalue weighted by molar-refractivity contribution is -0.140. The molecule has 2 atom stereocenters. The van der Waals surface area contributed by atoms with Gasteiger partial charge in [-0.25, -0.2) is 14.1 Å². The molecule has 1 aliphatic heterocycles. The standard InChI is InChI=1S/C26H26F4N6O/c1-15-22(24(37)35(2)25-32-20-9-6-10-21(20)33-25)23(31-17-7-4-3-5-8-17)36(34-15)14-16-11-12-18(19(27)13-16)26(28,29)30/h3-5,7-8,11-13,20-21,31H,6,9-10,14H2,1-2H3,(H,32,33)/t20-,21+. The number of amides is 1. The zero-order valence-corrected chi connectivity index (χ0v) is 20.3. The minimum atomic E-state index is -4.79. The summed E-state index contributed by atoms with van der Waals surface area (Å²) in [6.45, 7) is 1.63. The number of nitrogens with zero attached hydrogens (tertiary/aromatic N) is 4. The smallest absolute Gasteiger partial charge is 0.351 e. The predicted octanol–water partition coefficient (Wildman–Crippen LogP) is 5.09. The highest BCUT2D eigenvalue weighted by atomic mass is 19.4. The number of rotatable bonds is 5. The Morgan fingerprint density at radius 1 is 1.19 bits per heavy atom. The number of hydrogen-bond donors (Lipinski definition) is 2. The maximum atomic E-state index is 14.2. The molecule has 2 N–H and O–H groups in total. The Bertz CT molecular complexity index is 1350. The van der Waals surface area contributed by atoms with Crippen LogP contribution in [-0.4, -0.2) is 45.7 Å². The Morgan fingerprint density at radius 2 is 1.95 bits per heavy atom. The highest BCUT2D eigenvalue weighted by Crippen LogP contribution is 2.33. The van der Waals surface area contributed by atoms with Gasteiger partial charge in [-0.15, -0.1) is 0 Å². The monoisotopic (exact) mass is 514 g/mol. The van der Waals surface area contributed by atoms with Gasteiger partial charge in [0, 0.05) is 12.7 Å². The number of fused-ring (bicyclic) bond motifs is 1. The molecule has 0 saturated heterocycles. The predicted molar refractivity (Wildman–Crippen MR) is 131 cm³/mol. The van der Waals surface area contributed by atoms with Gasteiger partial charge in [-0.05, 0) is 56.0 Å². The summed E-state index contributed by atoms with van der Waals surface area (Å²) in [5.74, 6) is -0.854. The van der Waals surface area contributed by atoms with E-state index in [0.717, 1.165) is 25.3 Å². The number of halogens is 4. The number of guanidine groups is 1. The summed E-state index contributed by atoms with van der Waals surface area (Å²) in [5.41, 5.74) is 0.334. The van der Waals surface area contributed by atoms with E-state index < -0.39 is 17.6 Å². The van der Waals surface area contributed by atoms with Crippen LogP contribution in [0.4, 0.5) is 29.1 Å². The molecule has 0 spiro atoms. The third kappa shape index (κ3) is 4.90. The Hall–Kier alpha value is -3.89. The molecule has 11 heteroatoms. The van der Waals surface area contributed by atoms with Crippen LogP contribution in [0.15, 0.2) is 53.5 Å². The quantitative estimate of drug-likeness (QED) is 0.465. The van der Waals surface area contributed by atoms with Gasteiger partial charge in [0.15, 0.2) is 0 Å². The van der Waals surface area contributed by atoms with Crippen LogP contribution in [0.5, 0.6) is 0 Å². The molecule has 194 valence electrons. The highest BCUT2D eigenvalue weighted by Gasteiger charge is 2.37. The highest BCUT2D eigenvalue weighted by molar-refractivity contribution is 6.09. The molecular formula is C26H26F4N6O. The summed E-state index contributed by atoms with van der Waals surface area (Å²) in [5, 5.41) is 11.0. The molecule has 1 saturated carbocycles. The van der Waals surface area contributed by atoms with Crippen LogP contribution in [0.25, 0.3) is 0 Å². The molecule has 37 heavy (non-hydrogen) atoms. The second-order valence-corrected chi connectivity index (χ2v) is 9.34. The second-order valence-electron chi connectivity index (χ2n) is 9.34. The molecule has 1 fully saturated rings. The maximum Gasteiger partial charge on any atom is 0.419 e. The summed E-state index contributed by atoms with van der Waals surface area (Å²) in [4.78, 5) is 19.8. The first-order valence-electron chi connectivity index (χ1n) is 12.0. The van der Waals surface area contributed by atoms with E-state index >= 15 is 0 Å². The fourth-order valence-electron chi connectivity index (χ4n) is 4.87. The van der Waals surface area contributed by atoms with Crippen LogP contribution >= 0.6 is 0 Å². The van der Waals surface area contributed by atoms with Gasteiger partial charge in [0.2, 0.25) is 5.96 Å². The molecule has 2 aliphatic rings. The van der Waals surface area contributed by atoms with E-state index in [4.69, 9.17) is 0 Å². The van der Waals surface area contributed by atoms with E-state index in [9.17, 15) is 22.4 Å². The lowest BCUT2D eigenvalue weighted by Gasteiger charge is -2.20. The van der Waals surface area contributed by atoms with Crippen molar-refractivity contribution in [3.63, 3.8) is 0 Å². The van der Waals surface area contributed by atoms with Crippen molar-refractivity contribution in [2.75, 3.05) is 12.4 Å². The average molecular weight is 515 g/mol. The summed E-state index contributed by atoms with van der Waals surface area (Å²) < 4.78 is 54.7. The molecule has 1 amide bonds. The number of para-hydroxylation sites is 1. The first-order valence-corrected chi connectivity index (χ1v) is 12.0. The first-order chi connectivity index (χ1) is 17.6. The third-order valence-corrected chi connectivity index (χ3v) is 6.75. The Labute approximate surface area is 211 Å². The van der Waals surface area contributed by atoms with Gasteiger partial charge < -0.3 is 10.6 Å². The third-order valence-electron chi connectivity index (χ3n) is 6.75. The van der Waals surface area contributed by atoms with E-state index in [-0.39, 0.29) is 30.1 Å². The molecule has 2 aromatic carbocycles. The van der Waals surface area contributed by atoms with Crippen molar-refractivity contribution >= 4 is 23.4 Å². The molecular weight excluding hydrogens is 488 g/mol. The van der Waals surface area contributed by atoms with Crippen molar-refractivity contribution < 1.29 is 22.4 Å². The van der Waals surface area contributed by atoms with E-state index in [0.29, 0.717) is 34.8 Å². The van der Waals surface area contributed by atoms with Crippen LogP contribution in [0.1, 0.15) is 46.4 Å². The fraction of sp³-hybridized carbons (Fsp3) is 0.346. The van der Waals surface area contributed by atoms with Crippen LogP contribution in [0, 0.1) is 12.7 Å². The first kappa shape index (κ1) is 24.8. The van der Waals surface area contributed by atoms with Crippen LogP contribution in [-0.2, 0) is 12.7 Å². The van der Waals surface area contributed by atoms with Gasteiger partial charge in [0.05, 0.1) is 29.9 Å². The van der Waals surface area contributed by atoms with Crippen LogP contribution < -0.4 is 10.6 Å². The number of aryl methyl sites for hydroxylation is 1. The van der Waals surface area contributed by atoms with E-state index in [1.807, 2.05) is 30.3 Å². The molecule has 1 aromatic heterocycles. The lowest BCUT2D eigenvalue weighted by atomic mass is 10.1.